The van der Waals surface area contributed by atoms with Gasteiger partial charge < -0.3 is 15.4 Å². The molecule has 8 heteroatoms. The minimum atomic E-state index is -0.793. The molecule has 3 aromatic carbocycles. The Morgan fingerprint density at radius 1 is 0.829 bits per heavy atom. The third-order valence-electron chi connectivity index (χ3n) is 5.43. The van der Waals surface area contributed by atoms with Gasteiger partial charge in [0.2, 0.25) is 0 Å². The van der Waals surface area contributed by atoms with Crippen LogP contribution in [-0.4, -0.2) is 37.9 Å². The van der Waals surface area contributed by atoms with Crippen LogP contribution in [0.1, 0.15) is 34.6 Å². The van der Waals surface area contributed by atoms with Crippen LogP contribution in [-0.2, 0) is 4.79 Å². The molecule has 0 fully saturated rings. The summed E-state index contributed by atoms with van der Waals surface area (Å²) in [7, 11) is 3.28. The molecule has 3 aromatic rings. The molecule has 0 radical (unpaired) electrons. The fourth-order valence-electron chi connectivity index (χ4n) is 3.43. The number of rotatable bonds is 9. The van der Waals surface area contributed by atoms with Gasteiger partial charge in [0, 0.05) is 12.6 Å². The Hall–Kier alpha value is -4.33. The van der Waals surface area contributed by atoms with E-state index >= 15 is 0 Å². The topological polar surface area (TPSA) is 99.8 Å². The van der Waals surface area contributed by atoms with Crippen molar-refractivity contribution in [2.45, 2.75) is 19.9 Å². The number of nitrogens with zero attached hydrogens (tertiary/aromatic N) is 1. The zero-order valence-corrected chi connectivity index (χ0v) is 20.2. The molecule has 0 aliphatic carbocycles. The molecule has 0 saturated heterocycles. The summed E-state index contributed by atoms with van der Waals surface area (Å²) in [6.07, 6.45) is 0. The average molecular weight is 475 g/mol. The lowest BCUT2D eigenvalue weighted by molar-refractivity contribution is -0.124. The van der Waals surface area contributed by atoms with E-state index in [2.05, 4.69) is 16.1 Å². The van der Waals surface area contributed by atoms with Gasteiger partial charge in [-0.2, -0.15) is 0 Å². The number of hydrogen-bond donors (Lipinski definition) is 3. The minimum absolute atomic E-state index is 0.177. The van der Waals surface area contributed by atoms with Crippen molar-refractivity contribution in [3.63, 3.8) is 0 Å². The highest BCUT2D eigenvalue weighted by Gasteiger charge is 2.26. The van der Waals surface area contributed by atoms with Crippen molar-refractivity contribution in [1.29, 1.82) is 0 Å². The number of amides is 3. The van der Waals surface area contributed by atoms with E-state index in [1.54, 1.807) is 67.7 Å². The first-order chi connectivity index (χ1) is 16.8. The molecule has 8 nitrogen and oxygen atoms in total. The van der Waals surface area contributed by atoms with E-state index in [9.17, 15) is 14.4 Å². The summed E-state index contributed by atoms with van der Waals surface area (Å²) in [5.41, 5.74) is 4.64. The van der Waals surface area contributed by atoms with Gasteiger partial charge in [-0.1, -0.05) is 44.2 Å². The maximum absolute atomic E-state index is 13.2. The number of hydrogen-bond acceptors (Lipinski definition) is 5. The summed E-state index contributed by atoms with van der Waals surface area (Å²) in [4.78, 5) is 38.9. The Labute approximate surface area is 205 Å². The quantitative estimate of drug-likeness (QED) is 0.409. The molecule has 3 rings (SSSR count). The number of benzene rings is 3. The average Bonchev–Trinajstić information content (AvgIpc) is 2.87. The number of carbonyl (C=O) groups is 3. The van der Waals surface area contributed by atoms with Crippen LogP contribution in [0.15, 0.2) is 78.9 Å². The Morgan fingerprint density at radius 2 is 1.46 bits per heavy atom. The Kier molecular flexibility index (Phi) is 8.45. The van der Waals surface area contributed by atoms with Gasteiger partial charge in [0.15, 0.2) is 0 Å². The van der Waals surface area contributed by atoms with Gasteiger partial charge in [0.1, 0.15) is 11.8 Å². The molecule has 3 amide bonds. The third kappa shape index (κ3) is 6.60. The fraction of sp³-hybridized carbons (Fsp3) is 0.222. The van der Waals surface area contributed by atoms with E-state index in [4.69, 9.17) is 4.74 Å². The molecule has 0 saturated carbocycles. The van der Waals surface area contributed by atoms with Gasteiger partial charge in [0.25, 0.3) is 17.7 Å². The second-order valence-electron chi connectivity index (χ2n) is 8.29. The minimum Gasteiger partial charge on any atom is -0.497 e. The number of para-hydroxylation sites is 2. The van der Waals surface area contributed by atoms with Crippen LogP contribution in [0.25, 0.3) is 0 Å². The SMILES string of the molecule is COc1ccc(C(=O)Nc2ccccc2C(=O)N[C@H](C(=O)NN(C)c2ccccc2)C(C)C)cc1. The zero-order chi connectivity index (χ0) is 25.4. The first-order valence-corrected chi connectivity index (χ1v) is 11.2. The number of nitrogens with one attached hydrogen (secondary N) is 3. The van der Waals surface area contributed by atoms with Crippen molar-refractivity contribution in [1.82, 2.24) is 10.7 Å². The first kappa shape index (κ1) is 25.3. The van der Waals surface area contributed by atoms with E-state index in [0.29, 0.717) is 17.0 Å². The molecule has 0 unspecified atom stereocenters. The van der Waals surface area contributed by atoms with Crippen molar-refractivity contribution in [3.05, 3.63) is 90.0 Å². The lowest BCUT2D eigenvalue weighted by Crippen LogP contribution is -2.53. The first-order valence-electron chi connectivity index (χ1n) is 11.2. The van der Waals surface area contributed by atoms with Crippen molar-refractivity contribution in [3.8, 4) is 5.75 Å². The number of ether oxygens (including phenoxy) is 1. The second kappa shape index (κ2) is 11.7. The summed E-state index contributed by atoms with van der Waals surface area (Å²) in [6, 6.07) is 21.9. The van der Waals surface area contributed by atoms with Gasteiger partial charge in [-0.15, -0.1) is 0 Å². The summed E-state index contributed by atoms with van der Waals surface area (Å²) >= 11 is 0. The maximum Gasteiger partial charge on any atom is 0.261 e. The molecule has 0 bridgehead atoms. The van der Waals surface area contributed by atoms with Crippen LogP contribution in [0.3, 0.4) is 0 Å². The summed E-state index contributed by atoms with van der Waals surface area (Å²) in [5, 5.41) is 7.20. The number of methoxy groups -OCH3 is 1. The van der Waals surface area contributed by atoms with E-state index in [1.807, 2.05) is 44.2 Å². The largest absolute Gasteiger partial charge is 0.497 e. The highest BCUT2D eigenvalue weighted by molar-refractivity contribution is 6.09. The molecule has 0 spiro atoms. The lowest BCUT2D eigenvalue weighted by Gasteiger charge is -2.27. The summed E-state index contributed by atoms with van der Waals surface area (Å²) in [6.45, 7) is 3.70. The Balaban J connectivity index is 1.72. The van der Waals surface area contributed by atoms with E-state index in [-0.39, 0.29) is 23.3 Å². The lowest BCUT2D eigenvalue weighted by atomic mass is 10.0. The predicted molar refractivity (Wildman–Crippen MR) is 136 cm³/mol. The number of hydrazine groups is 1. The van der Waals surface area contributed by atoms with Crippen LogP contribution >= 0.6 is 0 Å². The van der Waals surface area contributed by atoms with Gasteiger partial charge in [-0.25, -0.2) is 0 Å². The van der Waals surface area contributed by atoms with Crippen LogP contribution in [0.2, 0.25) is 0 Å². The van der Waals surface area contributed by atoms with Crippen LogP contribution in [0.4, 0.5) is 11.4 Å². The summed E-state index contributed by atoms with van der Waals surface area (Å²) < 4.78 is 5.12. The predicted octanol–water partition coefficient (Wildman–Crippen LogP) is 3.87. The highest BCUT2D eigenvalue weighted by Crippen LogP contribution is 2.19. The monoisotopic (exact) mass is 474 g/mol. The fourth-order valence-corrected chi connectivity index (χ4v) is 3.43. The Morgan fingerprint density at radius 3 is 2.09 bits per heavy atom. The Bertz CT molecular complexity index is 1160. The molecule has 0 aromatic heterocycles. The zero-order valence-electron chi connectivity index (χ0n) is 20.2. The second-order valence-corrected chi connectivity index (χ2v) is 8.29. The van der Waals surface area contributed by atoms with Crippen LogP contribution < -0.4 is 25.8 Å². The molecule has 182 valence electrons. The van der Waals surface area contributed by atoms with E-state index in [1.165, 1.54) is 0 Å². The van der Waals surface area contributed by atoms with E-state index in [0.717, 1.165) is 5.69 Å². The van der Waals surface area contributed by atoms with Gasteiger partial charge in [-0.05, 0) is 54.4 Å². The molecule has 0 aliphatic rings. The van der Waals surface area contributed by atoms with E-state index < -0.39 is 11.9 Å². The van der Waals surface area contributed by atoms with Gasteiger partial charge >= 0.3 is 0 Å². The molecule has 0 aliphatic heterocycles. The normalized spacial score (nSPS) is 11.3. The number of carbonyl (C=O) groups excluding carboxylic acids is 3. The van der Waals surface area contributed by atoms with Crippen molar-refractivity contribution in [2.24, 2.45) is 5.92 Å². The molecule has 1 atom stereocenters. The maximum atomic E-state index is 13.2. The van der Waals surface area contributed by atoms with Crippen molar-refractivity contribution >= 4 is 29.1 Å². The molecule has 0 heterocycles. The molecule has 35 heavy (non-hydrogen) atoms. The van der Waals surface area contributed by atoms with Gasteiger partial charge in [0.05, 0.1) is 24.0 Å². The third-order valence-corrected chi connectivity index (χ3v) is 5.43. The van der Waals surface area contributed by atoms with Gasteiger partial charge in [-0.3, -0.25) is 24.8 Å². The molecule has 3 N–H and O–H groups in total. The smallest absolute Gasteiger partial charge is 0.261 e. The van der Waals surface area contributed by atoms with Crippen molar-refractivity contribution < 1.29 is 19.1 Å². The van der Waals surface area contributed by atoms with Crippen LogP contribution in [0, 0.1) is 5.92 Å². The molecular formula is C27H30N4O4. The number of anilines is 2. The standard InChI is InChI=1S/C27H30N4O4/c1-18(2)24(27(34)30-31(3)20-10-6-5-7-11-20)29-26(33)22-12-8-9-13-23(22)28-25(32)19-14-16-21(35-4)17-15-19/h5-18,24H,1-4H3,(H,28,32)(H,29,33)(H,30,34)/t24-/m0/s1. The van der Waals surface area contributed by atoms with Crippen LogP contribution in [0.5, 0.6) is 5.75 Å². The highest BCUT2D eigenvalue weighted by atomic mass is 16.5. The summed E-state index contributed by atoms with van der Waals surface area (Å²) in [5.74, 6) is -0.719. The van der Waals surface area contributed by atoms with Crippen molar-refractivity contribution in [2.75, 3.05) is 24.5 Å². The molecular weight excluding hydrogens is 444 g/mol.